The second-order valence-electron chi connectivity index (χ2n) is 10.8. The molecule has 36 heavy (non-hydrogen) atoms. The second kappa shape index (κ2) is 11.3. The zero-order chi connectivity index (χ0) is 25.2. The van der Waals surface area contributed by atoms with Crippen LogP contribution < -0.4 is 4.74 Å². The van der Waals surface area contributed by atoms with Crippen molar-refractivity contribution in [2.24, 2.45) is 5.92 Å². The largest absolute Gasteiger partial charge is 0.493 e. The fourth-order valence-corrected chi connectivity index (χ4v) is 6.26. The number of hydrogen-bond acceptors (Lipinski definition) is 3. The molecule has 194 valence electrons. The van der Waals surface area contributed by atoms with Gasteiger partial charge in [0.1, 0.15) is 11.6 Å². The molecule has 0 bridgehead atoms. The molecule has 0 N–H and O–H groups in total. The van der Waals surface area contributed by atoms with E-state index in [4.69, 9.17) is 27.9 Å². The number of piperidine rings is 1. The van der Waals surface area contributed by atoms with Crippen LogP contribution in [0.3, 0.4) is 0 Å². The summed E-state index contributed by atoms with van der Waals surface area (Å²) < 4.78 is 21.2. The van der Waals surface area contributed by atoms with Crippen molar-refractivity contribution in [1.29, 1.82) is 0 Å². The van der Waals surface area contributed by atoms with Crippen LogP contribution in [0.15, 0.2) is 30.3 Å². The molecule has 5 rings (SSSR count). The van der Waals surface area contributed by atoms with Gasteiger partial charge in [0.05, 0.1) is 12.2 Å². The molecule has 2 saturated heterocycles. The number of benzene rings is 2. The van der Waals surface area contributed by atoms with Gasteiger partial charge in [0, 0.05) is 35.2 Å². The van der Waals surface area contributed by atoms with Crippen molar-refractivity contribution in [3.8, 4) is 5.75 Å². The summed E-state index contributed by atoms with van der Waals surface area (Å²) in [5, 5.41) is 1.35. The number of ether oxygens (including phenoxy) is 1. The van der Waals surface area contributed by atoms with Gasteiger partial charge < -0.3 is 9.64 Å². The van der Waals surface area contributed by atoms with Gasteiger partial charge in [-0.1, -0.05) is 23.2 Å². The Morgan fingerprint density at radius 3 is 2.36 bits per heavy atom. The lowest BCUT2D eigenvalue weighted by Crippen LogP contribution is -2.34. The summed E-state index contributed by atoms with van der Waals surface area (Å²) in [6.07, 6.45) is 7.30. The molecule has 1 amide bonds. The molecule has 0 spiro atoms. The maximum atomic E-state index is 15.0. The topological polar surface area (TPSA) is 32.8 Å². The quantitative estimate of drug-likeness (QED) is 0.357. The zero-order valence-corrected chi connectivity index (χ0v) is 22.5. The van der Waals surface area contributed by atoms with E-state index in [-0.39, 0.29) is 17.5 Å². The molecule has 1 aliphatic carbocycles. The van der Waals surface area contributed by atoms with Gasteiger partial charge in [-0.3, -0.25) is 9.69 Å². The van der Waals surface area contributed by atoms with Crippen molar-refractivity contribution in [3.63, 3.8) is 0 Å². The first-order valence-electron chi connectivity index (χ1n) is 13.3. The molecule has 1 atom stereocenters. The van der Waals surface area contributed by atoms with Crippen molar-refractivity contribution in [1.82, 2.24) is 9.80 Å². The number of carbonyl (C=O) groups excluding carboxylic acids is 1. The Hall–Kier alpha value is -1.82. The van der Waals surface area contributed by atoms with E-state index in [9.17, 15) is 4.79 Å². The molecule has 0 aromatic heterocycles. The SMILES string of the molecule is CC1CCCN1C(=O)c1cc(C2CC2)c(OCCC2CCN(Cc3cc(Cl)cc(Cl)c3)CC2)cc1F. The van der Waals surface area contributed by atoms with Gasteiger partial charge in [-0.05, 0) is 112 Å². The third-order valence-electron chi connectivity index (χ3n) is 7.98. The summed E-state index contributed by atoms with van der Waals surface area (Å²) in [5.74, 6) is 0.948. The molecule has 7 heteroatoms. The minimum Gasteiger partial charge on any atom is -0.493 e. The molecule has 2 heterocycles. The monoisotopic (exact) mass is 532 g/mol. The highest BCUT2D eigenvalue weighted by Gasteiger charge is 2.32. The average Bonchev–Trinajstić information content (AvgIpc) is 3.59. The van der Waals surface area contributed by atoms with E-state index in [1.54, 1.807) is 12.1 Å². The van der Waals surface area contributed by atoms with Crippen LogP contribution in [0.25, 0.3) is 0 Å². The van der Waals surface area contributed by atoms with Gasteiger partial charge in [-0.25, -0.2) is 4.39 Å². The lowest BCUT2D eigenvalue weighted by molar-refractivity contribution is 0.0742. The summed E-state index contributed by atoms with van der Waals surface area (Å²) >= 11 is 12.3. The summed E-state index contributed by atoms with van der Waals surface area (Å²) in [6.45, 7) is 6.24. The molecule has 1 unspecified atom stereocenters. The average molecular weight is 534 g/mol. The second-order valence-corrected chi connectivity index (χ2v) is 11.6. The summed E-state index contributed by atoms with van der Waals surface area (Å²) in [5.41, 5.74) is 2.35. The highest BCUT2D eigenvalue weighted by atomic mass is 35.5. The summed E-state index contributed by atoms with van der Waals surface area (Å²) in [6, 6.07) is 9.13. The number of amides is 1. The standard InChI is InChI=1S/C29H35Cl2FN2O2/c1-19-3-2-9-34(19)29(35)26-16-25(22-4-5-22)28(17-27(26)32)36-12-8-20-6-10-33(11-7-20)18-21-13-23(30)15-24(31)14-21/h13-17,19-20,22H,2-12,18H2,1H3. The molecule has 4 nitrogen and oxygen atoms in total. The first-order chi connectivity index (χ1) is 17.4. The fraction of sp³-hybridized carbons (Fsp3) is 0.552. The molecule has 2 aromatic carbocycles. The van der Waals surface area contributed by atoms with Gasteiger partial charge in [0.15, 0.2) is 0 Å². The van der Waals surface area contributed by atoms with E-state index >= 15 is 4.39 Å². The summed E-state index contributed by atoms with van der Waals surface area (Å²) in [4.78, 5) is 17.3. The Kier molecular flexibility index (Phi) is 8.09. The maximum Gasteiger partial charge on any atom is 0.257 e. The van der Waals surface area contributed by atoms with Gasteiger partial charge in [-0.2, -0.15) is 0 Å². The number of rotatable bonds is 8. The van der Waals surface area contributed by atoms with Crippen LogP contribution in [0.5, 0.6) is 5.75 Å². The van der Waals surface area contributed by atoms with Crippen LogP contribution in [-0.4, -0.2) is 48.0 Å². The fourth-order valence-electron chi connectivity index (χ4n) is 5.69. The molecule has 2 aliphatic heterocycles. The van der Waals surface area contributed by atoms with E-state index in [1.165, 1.54) is 6.07 Å². The highest BCUT2D eigenvalue weighted by Crippen LogP contribution is 2.45. The number of carbonyl (C=O) groups is 1. The Morgan fingerprint density at radius 1 is 1.00 bits per heavy atom. The Labute approximate surface area is 223 Å². The van der Waals surface area contributed by atoms with Gasteiger partial charge in [-0.15, -0.1) is 0 Å². The Balaban J connectivity index is 1.14. The number of nitrogens with zero attached hydrogens (tertiary/aromatic N) is 2. The van der Waals surface area contributed by atoms with Gasteiger partial charge in [0.2, 0.25) is 0 Å². The number of halogens is 3. The van der Waals surface area contributed by atoms with Crippen molar-refractivity contribution >= 4 is 29.1 Å². The first-order valence-corrected chi connectivity index (χ1v) is 14.1. The molecule has 3 fully saturated rings. The van der Waals surface area contributed by atoms with Gasteiger partial charge in [0.25, 0.3) is 5.91 Å². The van der Waals surface area contributed by atoms with Crippen LogP contribution in [0.4, 0.5) is 4.39 Å². The van der Waals surface area contributed by atoms with Crippen LogP contribution in [0, 0.1) is 11.7 Å². The molecule has 0 radical (unpaired) electrons. The summed E-state index contributed by atoms with van der Waals surface area (Å²) in [7, 11) is 0. The molecule has 2 aromatic rings. The third-order valence-corrected chi connectivity index (χ3v) is 8.42. The molecule has 3 aliphatic rings. The number of likely N-dealkylation sites (tertiary alicyclic amines) is 2. The van der Waals surface area contributed by atoms with Crippen molar-refractivity contribution in [3.05, 3.63) is 62.9 Å². The van der Waals surface area contributed by atoms with Crippen LogP contribution in [-0.2, 0) is 6.54 Å². The van der Waals surface area contributed by atoms with E-state index in [1.807, 2.05) is 24.0 Å². The van der Waals surface area contributed by atoms with Crippen LogP contribution >= 0.6 is 23.2 Å². The molecular formula is C29H35Cl2FN2O2. The van der Waals surface area contributed by atoms with E-state index in [0.717, 1.165) is 75.7 Å². The van der Waals surface area contributed by atoms with Gasteiger partial charge >= 0.3 is 0 Å². The van der Waals surface area contributed by atoms with Crippen molar-refractivity contribution in [2.45, 2.75) is 70.4 Å². The normalized spacial score (nSPS) is 21.2. The molecular weight excluding hydrogens is 498 g/mol. The highest BCUT2D eigenvalue weighted by molar-refractivity contribution is 6.34. The van der Waals surface area contributed by atoms with Crippen LogP contribution in [0.1, 0.15) is 79.3 Å². The predicted octanol–water partition coefficient (Wildman–Crippen LogP) is 7.32. The lowest BCUT2D eigenvalue weighted by atomic mass is 9.93. The number of hydrogen-bond donors (Lipinski definition) is 0. The smallest absolute Gasteiger partial charge is 0.257 e. The minimum absolute atomic E-state index is 0.173. The van der Waals surface area contributed by atoms with E-state index in [2.05, 4.69) is 4.90 Å². The Morgan fingerprint density at radius 2 is 1.72 bits per heavy atom. The first kappa shape index (κ1) is 25.8. The Bertz CT molecular complexity index is 1080. The minimum atomic E-state index is -0.465. The third kappa shape index (κ3) is 6.17. The van der Waals surface area contributed by atoms with Crippen molar-refractivity contribution < 1.29 is 13.9 Å². The maximum absolute atomic E-state index is 15.0. The van der Waals surface area contributed by atoms with Crippen molar-refractivity contribution in [2.75, 3.05) is 26.2 Å². The lowest BCUT2D eigenvalue weighted by Gasteiger charge is -2.32. The van der Waals surface area contributed by atoms with E-state index < -0.39 is 5.82 Å². The molecule has 1 saturated carbocycles. The predicted molar refractivity (Wildman–Crippen MR) is 143 cm³/mol. The van der Waals surface area contributed by atoms with Crippen LogP contribution in [0.2, 0.25) is 10.0 Å². The van der Waals surface area contributed by atoms with E-state index in [0.29, 0.717) is 40.8 Å². The zero-order valence-electron chi connectivity index (χ0n) is 20.9.